The molecule has 0 bridgehead atoms. The number of nitrogens with one attached hydrogen (secondary N) is 1. The van der Waals surface area contributed by atoms with Crippen LogP contribution in [0.25, 0.3) is 5.65 Å². The number of H-pyrrole nitrogens is 1. The van der Waals surface area contributed by atoms with E-state index < -0.39 is 23.2 Å². The maximum Gasteiger partial charge on any atom is 0.410 e. The molecule has 1 unspecified atom stereocenters. The van der Waals surface area contributed by atoms with Crippen molar-refractivity contribution in [2.45, 2.75) is 45.3 Å². The Labute approximate surface area is 132 Å². The monoisotopic (exact) mass is 322 g/mol. The number of likely N-dealkylation sites (tertiary alicyclic amines) is 1. The minimum absolute atomic E-state index is 0.220. The summed E-state index contributed by atoms with van der Waals surface area (Å²) >= 11 is 0. The number of halogens is 1. The number of hydrogen-bond donors (Lipinski definition) is 1. The Morgan fingerprint density at radius 1 is 1.48 bits per heavy atom. The number of rotatable bonds is 1. The molecule has 1 amide bonds. The van der Waals surface area contributed by atoms with Crippen molar-refractivity contribution in [2.24, 2.45) is 0 Å². The molecule has 7 nitrogen and oxygen atoms in total. The first-order valence-electron chi connectivity index (χ1n) is 7.52. The van der Waals surface area contributed by atoms with Gasteiger partial charge in [0.05, 0.1) is 12.2 Å². The van der Waals surface area contributed by atoms with Crippen LogP contribution in [0.15, 0.2) is 17.1 Å². The number of carbonyl (C=O) groups excluding carboxylic acids is 1. The lowest BCUT2D eigenvalue weighted by Gasteiger charge is -2.28. The number of aromatic nitrogens is 3. The smallest absolute Gasteiger partial charge is 0.410 e. The Balaban J connectivity index is 1.93. The van der Waals surface area contributed by atoms with Crippen LogP contribution in [0.2, 0.25) is 0 Å². The Hall–Kier alpha value is -2.38. The summed E-state index contributed by atoms with van der Waals surface area (Å²) in [6.07, 6.45) is 2.09. The predicted octanol–water partition coefficient (Wildman–Crippen LogP) is 2.23. The first-order chi connectivity index (χ1) is 10.7. The van der Waals surface area contributed by atoms with Crippen molar-refractivity contribution in [2.75, 3.05) is 6.54 Å². The first kappa shape index (κ1) is 15.5. The standard InChI is InChI=1S/C15H19FN4O3/c1-15(2,3)23-14(22)19-6-4-5-10(19)12-17-11-7-9(16)8-20(11)13(21)18-12/h7-8,10H,4-6H2,1-3H3,(H,17,18,21). The second-order valence-electron chi connectivity index (χ2n) is 6.65. The van der Waals surface area contributed by atoms with Gasteiger partial charge in [-0.25, -0.2) is 23.4 Å². The molecule has 23 heavy (non-hydrogen) atoms. The molecule has 0 aromatic carbocycles. The van der Waals surface area contributed by atoms with E-state index >= 15 is 0 Å². The lowest BCUT2D eigenvalue weighted by atomic mass is 10.2. The largest absolute Gasteiger partial charge is 0.444 e. The SMILES string of the molecule is CC(C)(C)OC(=O)N1CCCC1c1nc2cc(F)cn2c(=O)[nH]1. The number of ether oxygens (including phenoxy) is 1. The first-order valence-corrected chi connectivity index (χ1v) is 7.52. The molecule has 1 N–H and O–H groups in total. The summed E-state index contributed by atoms with van der Waals surface area (Å²) in [5.74, 6) is -0.181. The lowest BCUT2D eigenvalue weighted by Crippen LogP contribution is -2.37. The molecule has 2 aromatic rings. The number of nitrogens with zero attached hydrogens (tertiary/aromatic N) is 3. The van der Waals surface area contributed by atoms with E-state index in [-0.39, 0.29) is 11.7 Å². The zero-order valence-electron chi connectivity index (χ0n) is 13.3. The molecule has 1 aliphatic rings. The number of carbonyl (C=O) groups is 1. The van der Waals surface area contributed by atoms with Crippen LogP contribution in [-0.2, 0) is 4.74 Å². The quantitative estimate of drug-likeness (QED) is 0.873. The van der Waals surface area contributed by atoms with Gasteiger partial charge < -0.3 is 4.74 Å². The third kappa shape index (κ3) is 3.06. The Morgan fingerprint density at radius 3 is 2.91 bits per heavy atom. The summed E-state index contributed by atoms with van der Waals surface area (Å²) in [6, 6.07) is 0.811. The van der Waals surface area contributed by atoms with Crippen molar-refractivity contribution >= 4 is 11.7 Å². The van der Waals surface area contributed by atoms with Crippen LogP contribution < -0.4 is 5.69 Å². The van der Waals surface area contributed by atoms with Crippen LogP contribution in [0.4, 0.5) is 9.18 Å². The van der Waals surface area contributed by atoms with Crippen LogP contribution in [0.3, 0.4) is 0 Å². The van der Waals surface area contributed by atoms with Crippen molar-refractivity contribution in [3.63, 3.8) is 0 Å². The maximum atomic E-state index is 13.3. The molecule has 124 valence electrons. The van der Waals surface area contributed by atoms with Crippen molar-refractivity contribution in [1.82, 2.24) is 19.3 Å². The summed E-state index contributed by atoms with van der Waals surface area (Å²) in [4.78, 5) is 32.8. The number of aromatic amines is 1. The molecule has 1 fully saturated rings. The second kappa shape index (κ2) is 5.36. The highest BCUT2D eigenvalue weighted by Gasteiger charge is 2.34. The highest BCUT2D eigenvalue weighted by Crippen LogP contribution is 2.31. The van der Waals surface area contributed by atoms with Crippen LogP contribution in [0.5, 0.6) is 0 Å². The van der Waals surface area contributed by atoms with E-state index in [1.54, 1.807) is 25.7 Å². The number of amides is 1. The topological polar surface area (TPSA) is 79.7 Å². The van der Waals surface area contributed by atoms with Gasteiger partial charge in [0.25, 0.3) is 0 Å². The zero-order valence-corrected chi connectivity index (χ0v) is 13.3. The molecule has 0 aliphatic carbocycles. The average Bonchev–Trinajstić information content (AvgIpc) is 3.02. The molecule has 3 heterocycles. The summed E-state index contributed by atoms with van der Waals surface area (Å²) in [6.45, 7) is 5.92. The molecule has 3 rings (SSSR count). The van der Waals surface area contributed by atoms with E-state index in [4.69, 9.17) is 4.74 Å². The van der Waals surface area contributed by atoms with Crippen LogP contribution in [0, 0.1) is 5.82 Å². The van der Waals surface area contributed by atoms with Gasteiger partial charge in [-0.2, -0.15) is 0 Å². The highest BCUT2D eigenvalue weighted by atomic mass is 19.1. The van der Waals surface area contributed by atoms with Crippen molar-refractivity contribution in [3.05, 3.63) is 34.4 Å². The normalized spacial score (nSPS) is 18.6. The van der Waals surface area contributed by atoms with E-state index in [0.717, 1.165) is 17.0 Å². The van der Waals surface area contributed by atoms with Gasteiger partial charge in [-0.1, -0.05) is 0 Å². The minimum atomic E-state index is -0.598. The van der Waals surface area contributed by atoms with E-state index in [1.807, 2.05) is 0 Å². The molecule has 1 aliphatic heterocycles. The summed E-state index contributed by atoms with van der Waals surface area (Å²) in [5.41, 5.74) is -0.859. The fourth-order valence-electron chi connectivity index (χ4n) is 2.74. The molecule has 0 radical (unpaired) electrons. The second-order valence-corrected chi connectivity index (χ2v) is 6.65. The van der Waals surface area contributed by atoms with E-state index in [1.165, 1.54) is 6.07 Å². The van der Waals surface area contributed by atoms with Gasteiger partial charge in [0.1, 0.15) is 22.9 Å². The number of fused-ring (bicyclic) bond motifs is 1. The predicted molar refractivity (Wildman–Crippen MR) is 80.7 cm³/mol. The Kier molecular flexibility index (Phi) is 3.62. The lowest BCUT2D eigenvalue weighted by molar-refractivity contribution is 0.0218. The van der Waals surface area contributed by atoms with Crippen LogP contribution in [-0.4, -0.2) is 37.5 Å². The fourth-order valence-corrected chi connectivity index (χ4v) is 2.74. The molecular formula is C15H19FN4O3. The summed E-state index contributed by atoms with van der Waals surface area (Å²) in [5, 5.41) is 0. The number of hydrogen-bond acceptors (Lipinski definition) is 4. The van der Waals surface area contributed by atoms with Crippen molar-refractivity contribution in [1.29, 1.82) is 0 Å². The fraction of sp³-hybridized carbons (Fsp3) is 0.533. The molecular weight excluding hydrogens is 303 g/mol. The third-order valence-electron chi connectivity index (χ3n) is 3.65. The van der Waals surface area contributed by atoms with Gasteiger partial charge in [0, 0.05) is 12.6 Å². The van der Waals surface area contributed by atoms with Gasteiger partial charge in [0.15, 0.2) is 0 Å². The average molecular weight is 322 g/mol. The molecule has 0 saturated carbocycles. The highest BCUT2D eigenvalue weighted by molar-refractivity contribution is 5.69. The Bertz CT molecular complexity index is 805. The molecule has 8 heteroatoms. The van der Waals surface area contributed by atoms with Gasteiger partial charge in [-0.05, 0) is 33.6 Å². The van der Waals surface area contributed by atoms with Crippen LogP contribution in [0.1, 0.15) is 45.5 Å². The van der Waals surface area contributed by atoms with Crippen molar-refractivity contribution in [3.8, 4) is 0 Å². The molecule has 1 atom stereocenters. The minimum Gasteiger partial charge on any atom is -0.444 e. The van der Waals surface area contributed by atoms with Crippen LogP contribution >= 0.6 is 0 Å². The Morgan fingerprint density at radius 2 is 2.22 bits per heavy atom. The third-order valence-corrected chi connectivity index (χ3v) is 3.65. The van der Waals surface area contributed by atoms with Gasteiger partial charge in [-0.3, -0.25) is 9.88 Å². The van der Waals surface area contributed by atoms with Gasteiger partial charge in [0.2, 0.25) is 0 Å². The molecule has 2 aromatic heterocycles. The maximum absolute atomic E-state index is 13.3. The van der Waals surface area contributed by atoms with E-state index in [0.29, 0.717) is 18.8 Å². The zero-order chi connectivity index (χ0) is 16.8. The van der Waals surface area contributed by atoms with E-state index in [9.17, 15) is 14.0 Å². The molecule has 1 saturated heterocycles. The summed E-state index contributed by atoms with van der Waals surface area (Å²) in [7, 11) is 0. The molecule has 0 spiro atoms. The summed E-state index contributed by atoms with van der Waals surface area (Å²) < 4.78 is 19.8. The van der Waals surface area contributed by atoms with Gasteiger partial charge in [-0.15, -0.1) is 0 Å². The van der Waals surface area contributed by atoms with E-state index in [2.05, 4.69) is 9.97 Å². The van der Waals surface area contributed by atoms with Gasteiger partial charge >= 0.3 is 11.8 Å². The van der Waals surface area contributed by atoms with Crippen molar-refractivity contribution < 1.29 is 13.9 Å².